The quantitative estimate of drug-likeness (QED) is 0.734. The summed E-state index contributed by atoms with van der Waals surface area (Å²) in [5.41, 5.74) is 11.1. The summed E-state index contributed by atoms with van der Waals surface area (Å²) >= 11 is 0. The standard InChI is InChI=1S/C14H16N2/c1-9(2)8-12-11-5-4-10(3)16-14(11)7-6-13(12)15/h4-8H,15H2,1-3H3. The molecule has 0 aliphatic heterocycles. The van der Waals surface area contributed by atoms with Crippen LogP contribution in [-0.4, -0.2) is 4.98 Å². The van der Waals surface area contributed by atoms with Crippen molar-refractivity contribution >= 4 is 22.7 Å². The van der Waals surface area contributed by atoms with E-state index in [-0.39, 0.29) is 0 Å². The van der Waals surface area contributed by atoms with Gasteiger partial charge in [-0.15, -0.1) is 0 Å². The molecule has 2 N–H and O–H groups in total. The van der Waals surface area contributed by atoms with Crippen LogP contribution in [-0.2, 0) is 0 Å². The monoisotopic (exact) mass is 212 g/mol. The molecule has 0 aliphatic rings. The molecule has 82 valence electrons. The van der Waals surface area contributed by atoms with Crippen LogP contribution in [0.3, 0.4) is 0 Å². The summed E-state index contributed by atoms with van der Waals surface area (Å²) in [5, 5.41) is 1.12. The lowest BCUT2D eigenvalue weighted by Crippen LogP contribution is -1.93. The molecule has 1 aromatic carbocycles. The van der Waals surface area contributed by atoms with Crippen molar-refractivity contribution in [1.82, 2.24) is 4.98 Å². The minimum atomic E-state index is 0.805. The van der Waals surface area contributed by atoms with E-state index in [4.69, 9.17) is 5.73 Å². The van der Waals surface area contributed by atoms with Gasteiger partial charge < -0.3 is 5.73 Å². The molecule has 0 aliphatic carbocycles. The number of hydrogen-bond donors (Lipinski definition) is 1. The summed E-state index contributed by atoms with van der Waals surface area (Å²) in [6.45, 7) is 6.14. The van der Waals surface area contributed by atoms with E-state index >= 15 is 0 Å². The highest BCUT2D eigenvalue weighted by molar-refractivity contribution is 5.93. The van der Waals surface area contributed by atoms with E-state index in [1.165, 1.54) is 5.57 Å². The van der Waals surface area contributed by atoms with Crippen LogP contribution in [0.5, 0.6) is 0 Å². The highest BCUT2D eigenvalue weighted by atomic mass is 14.7. The predicted molar refractivity (Wildman–Crippen MR) is 70.2 cm³/mol. The Morgan fingerprint density at radius 3 is 2.62 bits per heavy atom. The lowest BCUT2D eigenvalue weighted by Gasteiger charge is -2.07. The molecule has 0 saturated carbocycles. The molecule has 0 atom stereocenters. The average molecular weight is 212 g/mol. The number of aryl methyl sites for hydroxylation is 1. The summed E-state index contributed by atoms with van der Waals surface area (Å²) in [4.78, 5) is 4.50. The van der Waals surface area contributed by atoms with E-state index in [1.54, 1.807) is 0 Å². The molecule has 0 spiro atoms. The Balaban J connectivity index is 2.80. The first-order valence-corrected chi connectivity index (χ1v) is 5.38. The van der Waals surface area contributed by atoms with Crippen LogP contribution in [0, 0.1) is 6.92 Å². The number of fused-ring (bicyclic) bond motifs is 1. The molecule has 1 aromatic heterocycles. The summed E-state index contributed by atoms with van der Waals surface area (Å²) < 4.78 is 0. The highest BCUT2D eigenvalue weighted by Gasteiger charge is 2.04. The van der Waals surface area contributed by atoms with Gasteiger partial charge in [0.2, 0.25) is 0 Å². The van der Waals surface area contributed by atoms with Gasteiger partial charge in [-0.05, 0) is 39.0 Å². The van der Waals surface area contributed by atoms with Gasteiger partial charge in [-0.1, -0.05) is 17.7 Å². The van der Waals surface area contributed by atoms with Crippen molar-refractivity contribution in [2.45, 2.75) is 20.8 Å². The second kappa shape index (κ2) is 3.97. The van der Waals surface area contributed by atoms with Crippen LogP contribution in [0.15, 0.2) is 29.8 Å². The maximum atomic E-state index is 6.00. The summed E-state index contributed by atoms with van der Waals surface area (Å²) in [6, 6.07) is 8.00. The second-order valence-corrected chi connectivity index (χ2v) is 4.31. The highest BCUT2D eigenvalue weighted by Crippen LogP contribution is 2.25. The van der Waals surface area contributed by atoms with Gasteiger partial charge in [-0.25, -0.2) is 0 Å². The van der Waals surface area contributed by atoms with E-state index in [2.05, 4.69) is 31.0 Å². The first kappa shape index (κ1) is 10.7. The van der Waals surface area contributed by atoms with Gasteiger partial charge >= 0.3 is 0 Å². The molecule has 0 amide bonds. The number of rotatable bonds is 1. The Bertz CT molecular complexity index is 564. The minimum absolute atomic E-state index is 0.805. The number of nitrogens with zero attached hydrogens (tertiary/aromatic N) is 1. The van der Waals surface area contributed by atoms with E-state index < -0.39 is 0 Å². The maximum Gasteiger partial charge on any atom is 0.0712 e. The average Bonchev–Trinajstić information content (AvgIpc) is 2.22. The topological polar surface area (TPSA) is 38.9 Å². The van der Waals surface area contributed by atoms with E-state index in [0.29, 0.717) is 0 Å². The minimum Gasteiger partial charge on any atom is -0.398 e. The van der Waals surface area contributed by atoms with Crippen LogP contribution < -0.4 is 5.73 Å². The van der Waals surface area contributed by atoms with Crippen LogP contribution in [0.1, 0.15) is 25.1 Å². The van der Waals surface area contributed by atoms with Gasteiger partial charge in [0.1, 0.15) is 0 Å². The number of benzene rings is 1. The van der Waals surface area contributed by atoms with Gasteiger partial charge in [-0.3, -0.25) is 4.98 Å². The first-order chi connectivity index (χ1) is 7.58. The molecule has 0 saturated heterocycles. The van der Waals surface area contributed by atoms with Crippen LogP contribution in [0.25, 0.3) is 17.0 Å². The zero-order chi connectivity index (χ0) is 11.7. The number of anilines is 1. The lowest BCUT2D eigenvalue weighted by atomic mass is 10.0. The van der Waals surface area contributed by atoms with Crippen molar-refractivity contribution in [1.29, 1.82) is 0 Å². The molecule has 0 fully saturated rings. The number of nitrogen functional groups attached to an aromatic ring is 1. The largest absolute Gasteiger partial charge is 0.398 e. The molecule has 2 nitrogen and oxygen atoms in total. The molecule has 1 heterocycles. The third-order valence-electron chi connectivity index (χ3n) is 2.52. The SMILES string of the molecule is CC(C)=Cc1c(N)ccc2nc(C)ccc12. The molecule has 2 heteroatoms. The molecule has 2 rings (SSSR count). The molecule has 0 radical (unpaired) electrons. The van der Waals surface area contributed by atoms with E-state index in [1.807, 2.05) is 25.1 Å². The zero-order valence-electron chi connectivity index (χ0n) is 9.91. The van der Waals surface area contributed by atoms with Crippen molar-refractivity contribution in [3.05, 3.63) is 41.1 Å². The number of pyridine rings is 1. The zero-order valence-corrected chi connectivity index (χ0v) is 9.91. The third-order valence-corrected chi connectivity index (χ3v) is 2.52. The molecule has 16 heavy (non-hydrogen) atoms. The predicted octanol–water partition coefficient (Wildman–Crippen LogP) is 3.55. The fourth-order valence-electron chi connectivity index (χ4n) is 1.80. The molecular formula is C14H16N2. The van der Waals surface area contributed by atoms with Gasteiger partial charge in [-0.2, -0.15) is 0 Å². The van der Waals surface area contributed by atoms with Gasteiger partial charge in [0.05, 0.1) is 5.52 Å². The fraction of sp³-hybridized carbons (Fsp3) is 0.214. The van der Waals surface area contributed by atoms with Crippen molar-refractivity contribution < 1.29 is 0 Å². The Labute approximate surface area is 95.8 Å². The Morgan fingerprint density at radius 2 is 1.94 bits per heavy atom. The fourth-order valence-corrected chi connectivity index (χ4v) is 1.80. The van der Waals surface area contributed by atoms with Gasteiger partial charge in [0.15, 0.2) is 0 Å². The number of nitrogens with two attached hydrogens (primary N) is 1. The second-order valence-electron chi connectivity index (χ2n) is 4.31. The smallest absolute Gasteiger partial charge is 0.0712 e. The van der Waals surface area contributed by atoms with Crippen molar-refractivity contribution in [2.75, 3.05) is 5.73 Å². The van der Waals surface area contributed by atoms with Gasteiger partial charge in [0, 0.05) is 22.3 Å². The molecule has 0 unspecified atom stereocenters. The summed E-state index contributed by atoms with van der Waals surface area (Å²) in [7, 11) is 0. The van der Waals surface area contributed by atoms with Crippen molar-refractivity contribution in [3.8, 4) is 0 Å². The maximum absolute atomic E-state index is 6.00. The van der Waals surface area contributed by atoms with Crippen LogP contribution >= 0.6 is 0 Å². The molecule has 2 aromatic rings. The van der Waals surface area contributed by atoms with Gasteiger partial charge in [0.25, 0.3) is 0 Å². The number of aromatic nitrogens is 1. The molecular weight excluding hydrogens is 196 g/mol. The summed E-state index contributed by atoms with van der Waals surface area (Å²) in [5.74, 6) is 0. The Hall–Kier alpha value is -1.83. The van der Waals surface area contributed by atoms with E-state index in [9.17, 15) is 0 Å². The third kappa shape index (κ3) is 1.91. The lowest BCUT2D eigenvalue weighted by molar-refractivity contribution is 1.25. The number of hydrogen-bond acceptors (Lipinski definition) is 2. The normalized spacial score (nSPS) is 10.4. The van der Waals surface area contributed by atoms with Crippen molar-refractivity contribution in [2.24, 2.45) is 0 Å². The Kier molecular flexibility index (Phi) is 2.65. The molecule has 0 bridgehead atoms. The van der Waals surface area contributed by atoms with E-state index in [0.717, 1.165) is 27.8 Å². The van der Waals surface area contributed by atoms with Crippen LogP contribution in [0.4, 0.5) is 5.69 Å². The number of allylic oxidation sites excluding steroid dienone is 1. The van der Waals surface area contributed by atoms with Crippen molar-refractivity contribution in [3.63, 3.8) is 0 Å². The van der Waals surface area contributed by atoms with Crippen LogP contribution in [0.2, 0.25) is 0 Å². The Morgan fingerprint density at radius 1 is 1.19 bits per heavy atom. The first-order valence-electron chi connectivity index (χ1n) is 5.38. The summed E-state index contributed by atoms with van der Waals surface area (Å²) in [6.07, 6.45) is 2.11.